The molecule has 182 valence electrons. The lowest BCUT2D eigenvalue weighted by Gasteiger charge is -2.54. The molecule has 5 nitrogen and oxygen atoms in total. The Balaban J connectivity index is 1.34. The second-order valence-electron chi connectivity index (χ2n) is 9.91. The molecule has 7 rings (SSSR count). The first-order valence-corrected chi connectivity index (χ1v) is 12.7. The van der Waals surface area contributed by atoms with Gasteiger partial charge in [0.15, 0.2) is 0 Å². The first-order valence-electron chi connectivity index (χ1n) is 12.0. The number of aryl methyl sites for hydroxylation is 2. The lowest BCUT2D eigenvalue weighted by atomic mass is 9.54. The molecule has 7 heteroatoms. The average Bonchev–Trinajstić information content (AvgIpc) is 3.14. The minimum absolute atomic E-state index is 0.0191. The first kappa shape index (κ1) is 23.3. The van der Waals surface area contributed by atoms with Crippen molar-refractivity contribution in [3.63, 3.8) is 0 Å². The number of benzene rings is 3. The fourth-order valence-corrected chi connectivity index (χ4v) is 7.34. The largest absolute Gasteiger partial charge is 0.326 e. The van der Waals surface area contributed by atoms with Crippen LogP contribution in [0.4, 0.5) is 5.69 Å². The number of anilines is 1. The van der Waals surface area contributed by atoms with Gasteiger partial charge in [-0.05, 0) is 53.3 Å². The highest BCUT2D eigenvalue weighted by Gasteiger charge is 2.72. The van der Waals surface area contributed by atoms with Crippen LogP contribution >= 0.6 is 23.2 Å². The maximum absolute atomic E-state index is 13.8. The lowest BCUT2D eigenvalue weighted by molar-refractivity contribution is -0.140. The van der Waals surface area contributed by atoms with Crippen LogP contribution in [0.5, 0.6) is 0 Å². The summed E-state index contributed by atoms with van der Waals surface area (Å²) in [6.07, 6.45) is -0.0191. The molecule has 0 spiro atoms. The van der Waals surface area contributed by atoms with Crippen LogP contribution in [-0.4, -0.2) is 29.2 Å². The standard InChI is InChI=1S/C29H24Cl2N2O3/c1-16-11-12-17(2)22(15-16)32-23(34)13-14-33-26(35)24-25(27(33)36)29(31)19-8-4-3-7-18(19)28(24,30)20-9-5-6-10-21(20)29/h3-12,15,24-25H,13-14H2,1-2H3,(H,32,34)/t24-,25-,28?,29?/m0/s1. The van der Waals surface area contributed by atoms with Gasteiger partial charge in [-0.3, -0.25) is 19.3 Å². The molecular formula is C29H24Cl2N2O3. The minimum atomic E-state index is -1.21. The molecular weight excluding hydrogens is 495 g/mol. The van der Waals surface area contributed by atoms with Crippen molar-refractivity contribution in [2.45, 2.75) is 30.0 Å². The molecule has 0 unspecified atom stereocenters. The fourth-order valence-electron chi connectivity index (χ4n) is 6.24. The number of rotatable bonds is 4. The van der Waals surface area contributed by atoms with Crippen molar-refractivity contribution in [1.29, 1.82) is 0 Å². The molecule has 3 aliphatic carbocycles. The predicted octanol–water partition coefficient (Wildman–Crippen LogP) is 5.23. The number of carbonyl (C=O) groups excluding carboxylic acids is 3. The van der Waals surface area contributed by atoms with Gasteiger partial charge in [-0.2, -0.15) is 0 Å². The number of alkyl halides is 2. The SMILES string of the molecule is Cc1ccc(C)c(NC(=O)CCN2C(=O)[C@@H]3[C@@H](C2=O)C2(Cl)c4ccccc4C3(Cl)c3ccccc32)c1. The van der Waals surface area contributed by atoms with E-state index in [4.69, 9.17) is 23.2 Å². The molecule has 2 bridgehead atoms. The zero-order valence-electron chi connectivity index (χ0n) is 19.8. The van der Waals surface area contributed by atoms with Gasteiger partial charge in [0, 0.05) is 18.7 Å². The van der Waals surface area contributed by atoms with Crippen LogP contribution in [0.1, 0.15) is 39.8 Å². The van der Waals surface area contributed by atoms with Gasteiger partial charge >= 0.3 is 0 Å². The Kier molecular flexibility index (Phi) is 5.12. The number of likely N-dealkylation sites (tertiary alicyclic amines) is 1. The van der Waals surface area contributed by atoms with E-state index in [0.29, 0.717) is 0 Å². The van der Waals surface area contributed by atoms with Gasteiger partial charge in [-0.15, -0.1) is 23.2 Å². The van der Waals surface area contributed by atoms with E-state index >= 15 is 0 Å². The van der Waals surface area contributed by atoms with Crippen LogP contribution in [0.15, 0.2) is 66.7 Å². The van der Waals surface area contributed by atoms with E-state index in [2.05, 4.69) is 5.32 Å². The Hall–Kier alpha value is -3.15. The average molecular weight is 519 g/mol. The van der Waals surface area contributed by atoms with Crippen molar-refractivity contribution in [2.75, 3.05) is 11.9 Å². The highest BCUT2D eigenvalue weighted by Crippen LogP contribution is 2.69. The third-order valence-electron chi connectivity index (χ3n) is 7.91. The minimum Gasteiger partial charge on any atom is -0.326 e. The van der Waals surface area contributed by atoms with Crippen molar-refractivity contribution in [3.8, 4) is 0 Å². The summed E-state index contributed by atoms with van der Waals surface area (Å²) in [6, 6.07) is 20.9. The van der Waals surface area contributed by atoms with Gasteiger partial charge in [0.1, 0.15) is 9.75 Å². The molecule has 0 aromatic heterocycles. The van der Waals surface area contributed by atoms with Crippen LogP contribution < -0.4 is 5.32 Å². The van der Waals surface area contributed by atoms with E-state index in [1.807, 2.05) is 80.6 Å². The lowest BCUT2D eigenvalue weighted by Crippen LogP contribution is -2.57. The maximum atomic E-state index is 13.8. The molecule has 1 N–H and O–H groups in total. The monoisotopic (exact) mass is 518 g/mol. The summed E-state index contributed by atoms with van der Waals surface area (Å²) < 4.78 is 0. The number of nitrogens with zero attached hydrogens (tertiary/aromatic N) is 1. The zero-order chi connectivity index (χ0) is 25.4. The molecule has 1 aliphatic heterocycles. The molecule has 4 aliphatic rings. The third-order valence-corrected chi connectivity index (χ3v) is 9.19. The smallest absolute Gasteiger partial charge is 0.235 e. The first-order chi connectivity index (χ1) is 17.2. The van der Waals surface area contributed by atoms with Gasteiger partial charge in [0.25, 0.3) is 0 Å². The molecule has 36 heavy (non-hydrogen) atoms. The number of carbonyl (C=O) groups is 3. The summed E-state index contributed by atoms with van der Waals surface area (Å²) in [7, 11) is 0. The number of hydrogen-bond donors (Lipinski definition) is 1. The van der Waals surface area contributed by atoms with Gasteiger partial charge < -0.3 is 5.32 Å². The van der Waals surface area contributed by atoms with Gasteiger partial charge in [0.05, 0.1) is 11.8 Å². The highest BCUT2D eigenvalue weighted by molar-refractivity contribution is 6.36. The van der Waals surface area contributed by atoms with E-state index in [1.165, 1.54) is 4.90 Å². The van der Waals surface area contributed by atoms with E-state index < -0.39 is 21.6 Å². The summed E-state index contributed by atoms with van der Waals surface area (Å²) in [5, 5.41) is 2.90. The number of halogens is 2. The molecule has 3 aromatic carbocycles. The van der Waals surface area contributed by atoms with Crippen molar-refractivity contribution in [2.24, 2.45) is 11.8 Å². The zero-order valence-corrected chi connectivity index (χ0v) is 21.4. The quantitative estimate of drug-likeness (QED) is 0.380. The van der Waals surface area contributed by atoms with Gasteiger partial charge in [-0.25, -0.2) is 0 Å². The van der Waals surface area contributed by atoms with E-state index in [1.54, 1.807) is 0 Å². The fraction of sp³-hybridized carbons (Fsp3) is 0.276. The van der Waals surface area contributed by atoms with E-state index in [0.717, 1.165) is 39.1 Å². The van der Waals surface area contributed by atoms with Crippen LogP contribution in [0, 0.1) is 25.7 Å². The van der Waals surface area contributed by atoms with Crippen LogP contribution in [0.25, 0.3) is 0 Å². The topological polar surface area (TPSA) is 66.5 Å². The molecule has 3 aromatic rings. The Labute approximate surface area is 219 Å². The van der Waals surface area contributed by atoms with Crippen LogP contribution in [0.3, 0.4) is 0 Å². The molecule has 0 radical (unpaired) electrons. The Morgan fingerprint density at radius 3 is 1.78 bits per heavy atom. The second-order valence-corrected chi connectivity index (χ2v) is 11.1. The molecule has 3 amide bonds. The van der Waals surface area contributed by atoms with E-state index in [9.17, 15) is 14.4 Å². The summed E-state index contributed by atoms with van der Waals surface area (Å²) in [5.41, 5.74) is 5.73. The van der Waals surface area contributed by atoms with Gasteiger partial charge in [0.2, 0.25) is 17.7 Å². The number of nitrogens with one attached hydrogen (secondary N) is 1. The molecule has 1 fully saturated rings. The van der Waals surface area contributed by atoms with Crippen molar-refractivity contribution in [1.82, 2.24) is 4.90 Å². The molecule has 0 saturated carbocycles. The van der Waals surface area contributed by atoms with Crippen molar-refractivity contribution < 1.29 is 14.4 Å². The molecule has 1 heterocycles. The summed E-state index contributed by atoms with van der Waals surface area (Å²) in [6.45, 7) is 3.83. The Bertz CT molecular complexity index is 1340. The predicted molar refractivity (Wildman–Crippen MR) is 139 cm³/mol. The third kappa shape index (κ3) is 2.93. The van der Waals surface area contributed by atoms with Gasteiger partial charge in [-0.1, -0.05) is 60.7 Å². The Morgan fingerprint density at radius 2 is 1.31 bits per heavy atom. The summed E-state index contributed by atoms with van der Waals surface area (Å²) in [4.78, 5) is 39.1. The normalized spacial score (nSPS) is 27.5. The Morgan fingerprint density at radius 1 is 0.833 bits per heavy atom. The number of hydrogen-bond acceptors (Lipinski definition) is 3. The van der Waals surface area contributed by atoms with Crippen LogP contribution in [0.2, 0.25) is 0 Å². The number of amides is 3. The van der Waals surface area contributed by atoms with Crippen LogP contribution in [-0.2, 0) is 24.1 Å². The van der Waals surface area contributed by atoms with Crippen molar-refractivity contribution >= 4 is 46.6 Å². The maximum Gasteiger partial charge on any atom is 0.235 e. The molecule has 2 atom stereocenters. The van der Waals surface area contributed by atoms with E-state index in [-0.39, 0.29) is 30.7 Å². The summed E-state index contributed by atoms with van der Waals surface area (Å²) in [5.74, 6) is -2.73. The summed E-state index contributed by atoms with van der Waals surface area (Å²) >= 11 is 14.8. The molecule has 1 saturated heterocycles. The highest BCUT2D eigenvalue weighted by atomic mass is 35.5. The van der Waals surface area contributed by atoms with Crippen molar-refractivity contribution in [3.05, 3.63) is 100 Å². The second kappa shape index (κ2) is 7.92. The number of imide groups is 1.